The fourth-order valence-electron chi connectivity index (χ4n) is 1.77. The Morgan fingerprint density at radius 2 is 1.94 bits per heavy atom. The smallest absolute Gasteiger partial charge is 0.0640 e. The molecule has 0 fully saturated rings. The lowest BCUT2D eigenvalue weighted by molar-refractivity contribution is 1.08. The third-order valence-corrected chi connectivity index (χ3v) is 2.49. The molecule has 0 saturated carbocycles. The molecule has 16 heavy (non-hydrogen) atoms. The Hall–Kier alpha value is -2.21. The number of nitrogens with two attached hydrogens (primary N) is 1. The van der Waals surface area contributed by atoms with Gasteiger partial charge in [0.15, 0.2) is 0 Å². The summed E-state index contributed by atoms with van der Waals surface area (Å²) in [5.74, 6) is 0. The molecule has 0 saturated heterocycles. The van der Waals surface area contributed by atoms with Gasteiger partial charge < -0.3 is 11.1 Å². The number of rotatable bonds is 3. The maximum atomic E-state index is 8.50. The molecule has 0 unspecified atom stereocenters. The van der Waals surface area contributed by atoms with Gasteiger partial charge in [0.25, 0.3) is 0 Å². The van der Waals surface area contributed by atoms with Crippen LogP contribution in [0, 0.1) is 11.3 Å². The van der Waals surface area contributed by atoms with Gasteiger partial charge in [0.05, 0.1) is 12.5 Å². The van der Waals surface area contributed by atoms with Crippen LogP contribution in [-0.4, -0.2) is 6.54 Å². The number of benzene rings is 2. The summed E-state index contributed by atoms with van der Waals surface area (Å²) in [6.45, 7) is 0.643. The van der Waals surface area contributed by atoms with Gasteiger partial charge in [0, 0.05) is 23.3 Å². The summed E-state index contributed by atoms with van der Waals surface area (Å²) in [6.07, 6.45) is 0.489. The number of fused-ring (bicyclic) bond motifs is 1. The average molecular weight is 211 g/mol. The molecular formula is C13H13N3. The lowest BCUT2D eigenvalue weighted by Gasteiger charge is -2.10. The summed E-state index contributed by atoms with van der Waals surface area (Å²) in [4.78, 5) is 0. The second-order valence-electron chi connectivity index (χ2n) is 3.59. The first kappa shape index (κ1) is 10.3. The van der Waals surface area contributed by atoms with Crippen molar-refractivity contribution in [3.63, 3.8) is 0 Å². The van der Waals surface area contributed by atoms with Crippen LogP contribution in [-0.2, 0) is 0 Å². The monoisotopic (exact) mass is 211 g/mol. The summed E-state index contributed by atoms with van der Waals surface area (Å²) in [7, 11) is 0. The standard InChI is InChI=1S/C13H13N3/c14-8-3-9-16-12-7-2-5-10-4-1-6-11(15)13(10)12/h1-2,4-7,16H,3,9,15H2. The van der Waals surface area contributed by atoms with Crippen LogP contribution in [0.2, 0.25) is 0 Å². The molecule has 0 amide bonds. The first-order chi connectivity index (χ1) is 7.83. The summed E-state index contributed by atoms with van der Waals surface area (Å²) in [5, 5.41) is 13.9. The third kappa shape index (κ3) is 1.91. The molecule has 0 aliphatic rings. The van der Waals surface area contributed by atoms with Gasteiger partial charge in [0.1, 0.15) is 0 Å². The molecule has 0 aliphatic carbocycles. The van der Waals surface area contributed by atoms with Crippen LogP contribution in [0.15, 0.2) is 36.4 Å². The van der Waals surface area contributed by atoms with E-state index in [1.165, 1.54) is 0 Å². The molecule has 3 N–H and O–H groups in total. The molecule has 0 aromatic heterocycles. The molecule has 2 aromatic carbocycles. The van der Waals surface area contributed by atoms with Crippen molar-refractivity contribution in [3.05, 3.63) is 36.4 Å². The van der Waals surface area contributed by atoms with Gasteiger partial charge in [-0.15, -0.1) is 0 Å². The highest BCUT2D eigenvalue weighted by Gasteiger charge is 2.02. The second kappa shape index (κ2) is 4.54. The lowest BCUT2D eigenvalue weighted by Crippen LogP contribution is -2.01. The Labute approximate surface area is 94.5 Å². The van der Waals surface area contributed by atoms with E-state index in [4.69, 9.17) is 11.0 Å². The molecule has 80 valence electrons. The van der Waals surface area contributed by atoms with Gasteiger partial charge in [-0.3, -0.25) is 0 Å². The highest BCUT2D eigenvalue weighted by atomic mass is 14.9. The molecule has 0 heterocycles. The third-order valence-electron chi connectivity index (χ3n) is 2.49. The van der Waals surface area contributed by atoms with Crippen LogP contribution in [0.4, 0.5) is 11.4 Å². The zero-order valence-electron chi connectivity index (χ0n) is 8.90. The maximum Gasteiger partial charge on any atom is 0.0640 e. The van der Waals surface area contributed by atoms with E-state index in [9.17, 15) is 0 Å². The van der Waals surface area contributed by atoms with Gasteiger partial charge in [0.2, 0.25) is 0 Å². The van der Waals surface area contributed by atoms with E-state index < -0.39 is 0 Å². The van der Waals surface area contributed by atoms with Gasteiger partial charge >= 0.3 is 0 Å². The Bertz CT molecular complexity index is 535. The molecule has 0 radical (unpaired) electrons. The van der Waals surface area contributed by atoms with Crippen LogP contribution < -0.4 is 11.1 Å². The number of nitrogen functional groups attached to an aromatic ring is 1. The van der Waals surface area contributed by atoms with Crippen LogP contribution >= 0.6 is 0 Å². The Morgan fingerprint density at radius 3 is 2.69 bits per heavy atom. The second-order valence-corrected chi connectivity index (χ2v) is 3.59. The van der Waals surface area contributed by atoms with Crippen molar-refractivity contribution < 1.29 is 0 Å². The number of hydrogen-bond donors (Lipinski definition) is 2. The minimum absolute atomic E-state index is 0.489. The summed E-state index contributed by atoms with van der Waals surface area (Å²) in [5.41, 5.74) is 7.71. The van der Waals surface area contributed by atoms with Crippen LogP contribution in [0.1, 0.15) is 6.42 Å². The number of nitriles is 1. The first-order valence-electron chi connectivity index (χ1n) is 5.21. The minimum atomic E-state index is 0.489. The molecule has 0 bridgehead atoms. The van der Waals surface area contributed by atoms with Crippen molar-refractivity contribution >= 4 is 22.1 Å². The van der Waals surface area contributed by atoms with E-state index in [1.54, 1.807) is 0 Å². The topological polar surface area (TPSA) is 61.8 Å². The summed E-state index contributed by atoms with van der Waals surface area (Å²) in [6, 6.07) is 14.0. The predicted octanol–water partition coefficient (Wildman–Crippen LogP) is 2.75. The van der Waals surface area contributed by atoms with Crippen LogP contribution in [0.25, 0.3) is 10.8 Å². The van der Waals surface area contributed by atoms with Gasteiger partial charge in [-0.05, 0) is 17.5 Å². The van der Waals surface area contributed by atoms with Crippen molar-refractivity contribution in [1.82, 2.24) is 0 Å². The van der Waals surface area contributed by atoms with Gasteiger partial charge in [-0.2, -0.15) is 5.26 Å². The Morgan fingerprint density at radius 1 is 1.19 bits per heavy atom. The van der Waals surface area contributed by atoms with Crippen molar-refractivity contribution in [2.45, 2.75) is 6.42 Å². The number of anilines is 2. The van der Waals surface area contributed by atoms with Crippen molar-refractivity contribution in [3.8, 4) is 6.07 Å². The SMILES string of the molecule is N#CCCNc1cccc2cccc(N)c12. The van der Waals surface area contributed by atoms with E-state index in [2.05, 4.69) is 11.4 Å². The normalized spacial score (nSPS) is 9.94. The van der Waals surface area contributed by atoms with E-state index in [-0.39, 0.29) is 0 Å². The molecule has 0 aliphatic heterocycles. The summed E-state index contributed by atoms with van der Waals surface area (Å²) < 4.78 is 0. The van der Waals surface area contributed by atoms with Crippen molar-refractivity contribution in [1.29, 1.82) is 5.26 Å². The van der Waals surface area contributed by atoms with Crippen molar-refractivity contribution in [2.24, 2.45) is 0 Å². The molecule has 3 heteroatoms. The van der Waals surface area contributed by atoms with E-state index in [0.717, 1.165) is 22.1 Å². The summed E-state index contributed by atoms with van der Waals surface area (Å²) >= 11 is 0. The highest BCUT2D eigenvalue weighted by molar-refractivity contribution is 6.02. The predicted molar refractivity (Wildman–Crippen MR) is 67.1 cm³/mol. The van der Waals surface area contributed by atoms with Crippen molar-refractivity contribution in [2.75, 3.05) is 17.6 Å². The Kier molecular flexibility index (Phi) is 2.93. The minimum Gasteiger partial charge on any atom is -0.398 e. The molecule has 0 atom stereocenters. The first-order valence-corrected chi connectivity index (χ1v) is 5.21. The Balaban J connectivity index is 2.41. The van der Waals surface area contributed by atoms with Gasteiger partial charge in [-0.1, -0.05) is 24.3 Å². The molecule has 2 rings (SSSR count). The zero-order valence-corrected chi connectivity index (χ0v) is 8.90. The fourth-order valence-corrected chi connectivity index (χ4v) is 1.77. The zero-order chi connectivity index (χ0) is 11.4. The number of hydrogen-bond acceptors (Lipinski definition) is 3. The average Bonchev–Trinajstić information content (AvgIpc) is 2.30. The quantitative estimate of drug-likeness (QED) is 0.606. The molecular weight excluding hydrogens is 198 g/mol. The van der Waals surface area contributed by atoms with Gasteiger partial charge in [-0.25, -0.2) is 0 Å². The molecule has 2 aromatic rings. The number of nitrogens with one attached hydrogen (secondary N) is 1. The van der Waals surface area contributed by atoms with Crippen LogP contribution in [0.5, 0.6) is 0 Å². The highest BCUT2D eigenvalue weighted by Crippen LogP contribution is 2.28. The van der Waals surface area contributed by atoms with E-state index in [1.807, 2.05) is 36.4 Å². The van der Waals surface area contributed by atoms with E-state index >= 15 is 0 Å². The lowest BCUT2D eigenvalue weighted by atomic mass is 10.1. The fraction of sp³-hybridized carbons (Fsp3) is 0.154. The molecule has 0 spiro atoms. The maximum absolute atomic E-state index is 8.50. The molecule has 3 nitrogen and oxygen atoms in total. The van der Waals surface area contributed by atoms with E-state index in [0.29, 0.717) is 13.0 Å². The largest absolute Gasteiger partial charge is 0.398 e. The number of nitrogens with zero attached hydrogens (tertiary/aromatic N) is 1. The van der Waals surface area contributed by atoms with Crippen LogP contribution in [0.3, 0.4) is 0 Å².